The summed E-state index contributed by atoms with van der Waals surface area (Å²) >= 11 is 0. The number of rotatable bonds is 1. The Morgan fingerprint density at radius 1 is 1.28 bits per heavy atom. The average molecular weight is 263 g/mol. The van der Waals surface area contributed by atoms with Gasteiger partial charge in [-0.2, -0.15) is 13.2 Å². The molecule has 1 aliphatic rings. The molecule has 2 nitrogen and oxygen atoms in total. The number of alkyl halides is 3. The minimum absolute atomic E-state index is 0.0724. The molecule has 0 aromatic heterocycles. The van der Waals surface area contributed by atoms with Gasteiger partial charge < -0.3 is 10.4 Å². The average Bonchev–Trinajstić information content (AvgIpc) is 2.28. The van der Waals surface area contributed by atoms with E-state index in [-0.39, 0.29) is 13.0 Å². The van der Waals surface area contributed by atoms with Gasteiger partial charge in [-0.25, -0.2) is 4.39 Å². The first-order valence-corrected chi connectivity index (χ1v) is 5.64. The second-order valence-electron chi connectivity index (χ2n) is 4.47. The SMILES string of the molecule is OC1(c2c(F)cccc2C(F)(F)F)CCCNC1. The van der Waals surface area contributed by atoms with E-state index in [4.69, 9.17) is 0 Å². The lowest BCUT2D eigenvalue weighted by Gasteiger charge is -2.35. The molecule has 0 radical (unpaired) electrons. The minimum Gasteiger partial charge on any atom is -0.384 e. The zero-order valence-corrected chi connectivity index (χ0v) is 9.52. The lowest BCUT2D eigenvalue weighted by atomic mass is 9.83. The molecule has 1 unspecified atom stereocenters. The molecule has 1 saturated heterocycles. The maximum atomic E-state index is 13.7. The van der Waals surface area contributed by atoms with Crippen molar-refractivity contribution in [2.24, 2.45) is 0 Å². The molecule has 1 aliphatic heterocycles. The summed E-state index contributed by atoms with van der Waals surface area (Å²) < 4.78 is 52.3. The number of piperidine rings is 1. The quantitative estimate of drug-likeness (QED) is 0.763. The van der Waals surface area contributed by atoms with Gasteiger partial charge in [0.25, 0.3) is 0 Å². The third-order valence-corrected chi connectivity index (χ3v) is 3.15. The largest absolute Gasteiger partial charge is 0.416 e. The van der Waals surface area contributed by atoms with E-state index in [1.54, 1.807) is 0 Å². The summed E-state index contributed by atoms with van der Waals surface area (Å²) in [6.45, 7) is 0.537. The van der Waals surface area contributed by atoms with Crippen LogP contribution in [0.25, 0.3) is 0 Å². The molecule has 0 amide bonds. The highest BCUT2D eigenvalue weighted by molar-refractivity contribution is 5.36. The molecular formula is C12H13F4NO. The molecule has 2 N–H and O–H groups in total. The number of aliphatic hydroxyl groups is 1. The van der Waals surface area contributed by atoms with E-state index in [0.29, 0.717) is 13.0 Å². The Balaban J connectivity index is 2.55. The molecular weight excluding hydrogens is 250 g/mol. The first-order chi connectivity index (χ1) is 8.34. The van der Waals surface area contributed by atoms with Crippen molar-refractivity contribution in [1.29, 1.82) is 0 Å². The summed E-state index contributed by atoms with van der Waals surface area (Å²) in [4.78, 5) is 0. The fraction of sp³-hybridized carbons (Fsp3) is 0.500. The monoisotopic (exact) mass is 263 g/mol. The van der Waals surface area contributed by atoms with Gasteiger partial charge in [0.1, 0.15) is 11.4 Å². The summed E-state index contributed by atoms with van der Waals surface area (Å²) in [5.74, 6) is -1.02. The van der Waals surface area contributed by atoms with Crippen molar-refractivity contribution >= 4 is 0 Å². The standard InChI is InChI=1S/C12H13F4NO/c13-9-4-1-3-8(12(14,15)16)10(9)11(18)5-2-6-17-7-11/h1,3-4,17-18H,2,5-7H2. The van der Waals surface area contributed by atoms with Gasteiger partial charge in [-0.3, -0.25) is 0 Å². The molecule has 1 aromatic rings. The Labute approximate surface area is 102 Å². The van der Waals surface area contributed by atoms with Crippen LogP contribution >= 0.6 is 0 Å². The van der Waals surface area contributed by atoms with Crippen LogP contribution in [0.3, 0.4) is 0 Å². The van der Waals surface area contributed by atoms with Gasteiger partial charge in [-0.1, -0.05) is 6.07 Å². The number of benzene rings is 1. The predicted octanol–water partition coefficient (Wildman–Crippen LogP) is 2.42. The molecule has 2 rings (SSSR count). The van der Waals surface area contributed by atoms with Crippen LogP contribution in [-0.4, -0.2) is 18.2 Å². The molecule has 0 spiro atoms. The van der Waals surface area contributed by atoms with Crippen LogP contribution in [0.1, 0.15) is 24.0 Å². The molecule has 1 aromatic carbocycles. The van der Waals surface area contributed by atoms with E-state index in [2.05, 4.69) is 5.32 Å². The highest BCUT2D eigenvalue weighted by Crippen LogP contribution is 2.40. The van der Waals surface area contributed by atoms with Crippen LogP contribution in [0.15, 0.2) is 18.2 Å². The number of halogens is 4. The van der Waals surface area contributed by atoms with Gasteiger partial charge in [0.05, 0.1) is 5.56 Å². The fourth-order valence-electron chi connectivity index (χ4n) is 2.34. The Hall–Kier alpha value is -1.14. The third-order valence-electron chi connectivity index (χ3n) is 3.15. The summed E-state index contributed by atoms with van der Waals surface area (Å²) in [6, 6.07) is 2.74. The van der Waals surface area contributed by atoms with E-state index in [1.807, 2.05) is 0 Å². The Morgan fingerprint density at radius 2 is 2.00 bits per heavy atom. The molecule has 6 heteroatoms. The van der Waals surface area contributed by atoms with Crippen LogP contribution in [0.4, 0.5) is 17.6 Å². The Kier molecular flexibility index (Phi) is 3.33. The first kappa shape index (κ1) is 13.3. The van der Waals surface area contributed by atoms with Crippen molar-refractivity contribution in [3.8, 4) is 0 Å². The molecule has 0 bridgehead atoms. The smallest absolute Gasteiger partial charge is 0.384 e. The Bertz CT molecular complexity index is 438. The molecule has 1 heterocycles. The summed E-state index contributed by atoms with van der Waals surface area (Å²) in [5, 5.41) is 13.1. The van der Waals surface area contributed by atoms with Gasteiger partial charge in [-0.05, 0) is 31.5 Å². The number of hydrogen-bond acceptors (Lipinski definition) is 2. The van der Waals surface area contributed by atoms with Gasteiger partial charge in [0.2, 0.25) is 0 Å². The van der Waals surface area contributed by atoms with E-state index < -0.39 is 28.7 Å². The predicted molar refractivity (Wildman–Crippen MR) is 57.4 cm³/mol. The maximum Gasteiger partial charge on any atom is 0.416 e. The highest BCUT2D eigenvalue weighted by Gasteiger charge is 2.43. The number of hydrogen-bond donors (Lipinski definition) is 2. The Morgan fingerprint density at radius 3 is 2.56 bits per heavy atom. The van der Waals surface area contributed by atoms with Crippen LogP contribution < -0.4 is 5.32 Å². The molecule has 18 heavy (non-hydrogen) atoms. The maximum absolute atomic E-state index is 13.7. The second kappa shape index (κ2) is 4.51. The zero-order chi connectivity index (χ0) is 13.4. The van der Waals surface area contributed by atoms with Crippen LogP contribution in [0.2, 0.25) is 0 Å². The van der Waals surface area contributed by atoms with Gasteiger partial charge >= 0.3 is 6.18 Å². The lowest BCUT2D eigenvalue weighted by molar-refractivity contribution is -0.141. The molecule has 1 fully saturated rings. The molecule has 1 atom stereocenters. The normalized spacial score (nSPS) is 25.2. The van der Waals surface area contributed by atoms with E-state index in [9.17, 15) is 22.7 Å². The van der Waals surface area contributed by atoms with Crippen molar-refractivity contribution < 1.29 is 22.7 Å². The van der Waals surface area contributed by atoms with Crippen LogP contribution in [0, 0.1) is 5.82 Å². The van der Waals surface area contributed by atoms with Crippen molar-refractivity contribution in [1.82, 2.24) is 5.32 Å². The summed E-state index contributed by atoms with van der Waals surface area (Å²) in [5.41, 5.74) is -3.55. The molecule has 100 valence electrons. The van der Waals surface area contributed by atoms with E-state index >= 15 is 0 Å². The van der Waals surface area contributed by atoms with Gasteiger partial charge in [-0.15, -0.1) is 0 Å². The van der Waals surface area contributed by atoms with Crippen molar-refractivity contribution in [3.63, 3.8) is 0 Å². The topological polar surface area (TPSA) is 32.3 Å². The van der Waals surface area contributed by atoms with E-state index in [1.165, 1.54) is 0 Å². The van der Waals surface area contributed by atoms with Crippen molar-refractivity contribution in [2.45, 2.75) is 24.6 Å². The highest BCUT2D eigenvalue weighted by atomic mass is 19.4. The number of nitrogens with one attached hydrogen (secondary N) is 1. The zero-order valence-electron chi connectivity index (χ0n) is 9.52. The van der Waals surface area contributed by atoms with Gasteiger partial charge in [0.15, 0.2) is 0 Å². The van der Waals surface area contributed by atoms with Gasteiger partial charge in [0, 0.05) is 12.1 Å². The lowest BCUT2D eigenvalue weighted by Crippen LogP contribution is -2.45. The fourth-order valence-corrected chi connectivity index (χ4v) is 2.34. The van der Waals surface area contributed by atoms with E-state index in [0.717, 1.165) is 18.2 Å². The molecule has 0 aliphatic carbocycles. The summed E-state index contributed by atoms with van der Waals surface area (Å²) in [6.07, 6.45) is -4.06. The van der Waals surface area contributed by atoms with Crippen molar-refractivity contribution in [3.05, 3.63) is 35.1 Å². The van der Waals surface area contributed by atoms with Crippen LogP contribution in [-0.2, 0) is 11.8 Å². The second-order valence-corrected chi connectivity index (χ2v) is 4.47. The first-order valence-electron chi connectivity index (χ1n) is 5.64. The van der Waals surface area contributed by atoms with Crippen LogP contribution in [0.5, 0.6) is 0 Å². The number of β-amino-alcohol motifs (C(OH)–C–C–N with tert-alkyl or cyclic N) is 1. The summed E-state index contributed by atoms with van der Waals surface area (Å²) in [7, 11) is 0. The molecule has 0 saturated carbocycles. The van der Waals surface area contributed by atoms with Crippen molar-refractivity contribution in [2.75, 3.05) is 13.1 Å². The third kappa shape index (κ3) is 2.35. The minimum atomic E-state index is -4.68.